The van der Waals surface area contributed by atoms with Crippen molar-refractivity contribution in [2.24, 2.45) is 0 Å². The number of hydrogen-bond acceptors (Lipinski definition) is 3. The minimum Gasteiger partial charge on any atom is -0.489 e. The zero-order chi connectivity index (χ0) is 15.4. The lowest BCUT2D eigenvalue weighted by atomic mass is 10.1. The SMILES string of the molecule is Cc1cc(C#N)ccc1COc1ccc(Cl)cc1C(C)O. The first kappa shape index (κ1) is 15.4. The van der Waals surface area contributed by atoms with Crippen molar-refractivity contribution in [2.75, 3.05) is 0 Å². The van der Waals surface area contributed by atoms with Crippen LogP contribution in [0.5, 0.6) is 5.75 Å². The number of nitriles is 1. The molecule has 1 atom stereocenters. The van der Waals surface area contributed by atoms with E-state index < -0.39 is 6.10 Å². The molecule has 0 radical (unpaired) electrons. The highest BCUT2D eigenvalue weighted by Gasteiger charge is 2.11. The Morgan fingerprint density at radius 2 is 2.05 bits per heavy atom. The monoisotopic (exact) mass is 301 g/mol. The number of ether oxygens (including phenoxy) is 1. The van der Waals surface area contributed by atoms with Gasteiger partial charge in [0.05, 0.1) is 17.7 Å². The molecule has 2 rings (SSSR count). The number of aliphatic hydroxyl groups excluding tert-OH is 1. The van der Waals surface area contributed by atoms with Crippen molar-refractivity contribution in [3.63, 3.8) is 0 Å². The van der Waals surface area contributed by atoms with E-state index in [-0.39, 0.29) is 0 Å². The lowest BCUT2D eigenvalue weighted by molar-refractivity contribution is 0.190. The summed E-state index contributed by atoms with van der Waals surface area (Å²) >= 11 is 5.94. The fourth-order valence-electron chi connectivity index (χ4n) is 2.06. The molecule has 21 heavy (non-hydrogen) atoms. The van der Waals surface area contributed by atoms with Crippen LogP contribution in [0.25, 0.3) is 0 Å². The second-order valence-corrected chi connectivity index (χ2v) is 5.34. The van der Waals surface area contributed by atoms with E-state index in [1.54, 1.807) is 31.2 Å². The van der Waals surface area contributed by atoms with Crippen LogP contribution < -0.4 is 4.74 Å². The van der Waals surface area contributed by atoms with Gasteiger partial charge in [0.15, 0.2) is 0 Å². The van der Waals surface area contributed by atoms with Gasteiger partial charge in [0, 0.05) is 10.6 Å². The summed E-state index contributed by atoms with van der Waals surface area (Å²) in [6.45, 7) is 3.99. The van der Waals surface area contributed by atoms with Crippen LogP contribution in [0.3, 0.4) is 0 Å². The van der Waals surface area contributed by atoms with E-state index in [9.17, 15) is 5.11 Å². The standard InChI is InChI=1S/C17H16ClNO2/c1-11-7-13(9-19)3-4-14(11)10-21-17-6-5-15(18)8-16(17)12(2)20/h3-8,12,20H,10H2,1-2H3. The minimum absolute atomic E-state index is 0.374. The summed E-state index contributed by atoms with van der Waals surface area (Å²) in [6, 6.07) is 12.8. The molecule has 0 amide bonds. The van der Waals surface area contributed by atoms with Gasteiger partial charge in [-0.2, -0.15) is 5.26 Å². The summed E-state index contributed by atoms with van der Waals surface area (Å²) in [5.74, 6) is 0.609. The smallest absolute Gasteiger partial charge is 0.125 e. The summed E-state index contributed by atoms with van der Waals surface area (Å²) in [5, 5.41) is 19.2. The van der Waals surface area contributed by atoms with Gasteiger partial charge in [-0.1, -0.05) is 17.7 Å². The molecule has 0 heterocycles. The fourth-order valence-corrected chi connectivity index (χ4v) is 2.24. The second kappa shape index (κ2) is 6.62. The normalized spacial score (nSPS) is 11.8. The summed E-state index contributed by atoms with van der Waals surface area (Å²) in [5.41, 5.74) is 3.29. The van der Waals surface area contributed by atoms with E-state index in [2.05, 4.69) is 6.07 Å². The van der Waals surface area contributed by atoms with Gasteiger partial charge < -0.3 is 9.84 Å². The number of nitrogens with zero attached hydrogens (tertiary/aromatic N) is 1. The third-order valence-electron chi connectivity index (χ3n) is 3.28. The summed E-state index contributed by atoms with van der Waals surface area (Å²) < 4.78 is 5.79. The van der Waals surface area contributed by atoms with Crippen molar-refractivity contribution in [1.82, 2.24) is 0 Å². The summed E-state index contributed by atoms with van der Waals surface area (Å²) in [7, 11) is 0. The van der Waals surface area contributed by atoms with Gasteiger partial charge in [-0.15, -0.1) is 0 Å². The van der Waals surface area contributed by atoms with Crippen molar-refractivity contribution in [1.29, 1.82) is 5.26 Å². The van der Waals surface area contributed by atoms with E-state index in [1.165, 1.54) is 0 Å². The number of aliphatic hydroxyl groups is 1. The molecule has 0 bridgehead atoms. The molecule has 3 nitrogen and oxygen atoms in total. The van der Waals surface area contributed by atoms with Crippen LogP contribution in [0.2, 0.25) is 5.02 Å². The number of halogens is 1. The Labute approximate surface area is 129 Å². The number of hydrogen-bond donors (Lipinski definition) is 1. The Kier molecular flexibility index (Phi) is 4.85. The molecular weight excluding hydrogens is 286 g/mol. The third-order valence-corrected chi connectivity index (χ3v) is 3.51. The molecule has 1 N–H and O–H groups in total. The topological polar surface area (TPSA) is 53.2 Å². The molecule has 108 valence electrons. The first-order valence-electron chi connectivity index (χ1n) is 6.61. The van der Waals surface area contributed by atoms with E-state index in [1.807, 2.05) is 19.1 Å². The Bertz CT molecular complexity index is 690. The zero-order valence-corrected chi connectivity index (χ0v) is 12.7. The maximum absolute atomic E-state index is 9.77. The largest absolute Gasteiger partial charge is 0.489 e. The molecule has 4 heteroatoms. The molecule has 0 aromatic heterocycles. The predicted octanol–water partition coefficient (Wildman–Crippen LogP) is 4.15. The van der Waals surface area contributed by atoms with Crippen LogP contribution in [0, 0.1) is 18.3 Å². The van der Waals surface area contributed by atoms with Crippen molar-refractivity contribution >= 4 is 11.6 Å². The average molecular weight is 302 g/mol. The molecule has 2 aromatic rings. The molecule has 0 aliphatic carbocycles. The maximum atomic E-state index is 9.77. The average Bonchev–Trinajstić information content (AvgIpc) is 2.46. The van der Waals surface area contributed by atoms with Gasteiger partial charge in [-0.05, 0) is 55.3 Å². The van der Waals surface area contributed by atoms with Crippen LogP contribution in [0.15, 0.2) is 36.4 Å². The molecular formula is C17H16ClNO2. The first-order chi connectivity index (χ1) is 10.0. The lowest BCUT2D eigenvalue weighted by Gasteiger charge is -2.15. The number of rotatable bonds is 4. The highest BCUT2D eigenvalue weighted by atomic mass is 35.5. The van der Waals surface area contributed by atoms with Gasteiger partial charge >= 0.3 is 0 Å². The molecule has 0 fully saturated rings. The van der Waals surface area contributed by atoms with Gasteiger partial charge in [0.25, 0.3) is 0 Å². The van der Waals surface area contributed by atoms with Crippen molar-refractivity contribution in [3.8, 4) is 11.8 Å². The molecule has 0 aliphatic heterocycles. The minimum atomic E-state index is -0.652. The summed E-state index contributed by atoms with van der Waals surface area (Å²) in [4.78, 5) is 0. The van der Waals surface area contributed by atoms with E-state index >= 15 is 0 Å². The Morgan fingerprint density at radius 3 is 2.67 bits per heavy atom. The van der Waals surface area contributed by atoms with E-state index in [0.29, 0.717) is 28.5 Å². The van der Waals surface area contributed by atoms with Crippen LogP contribution in [0.4, 0.5) is 0 Å². The zero-order valence-electron chi connectivity index (χ0n) is 11.9. The Morgan fingerprint density at radius 1 is 1.29 bits per heavy atom. The van der Waals surface area contributed by atoms with Gasteiger partial charge in [-0.25, -0.2) is 0 Å². The molecule has 0 saturated heterocycles. The highest BCUT2D eigenvalue weighted by Crippen LogP contribution is 2.29. The third kappa shape index (κ3) is 3.75. The quantitative estimate of drug-likeness (QED) is 0.923. The second-order valence-electron chi connectivity index (χ2n) is 4.90. The van der Waals surface area contributed by atoms with Crippen molar-refractivity contribution in [2.45, 2.75) is 26.6 Å². The molecule has 0 aliphatic rings. The van der Waals surface area contributed by atoms with Crippen LogP contribution in [-0.4, -0.2) is 5.11 Å². The van der Waals surface area contributed by atoms with Crippen LogP contribution >= 0.6 is 11.6 Å². The molecule has 0 spiro atoms. The maximum Gasteiger partial charge on any atom is 0.125 e. The molecule has 1 unspecified atom stereocenters. The van der Waals surface area contributed by atoms with Gasteiger partial charge in [0.1, 0.15) is 12.4 Å². The van der Waals surface area contributed by atoms with E-state index in [4.69, 9.17) is 21.6 Å². The van der Waals surface area contributed by atoms with Crippen LogP contribution in [0.1, 0.15) is 35.3 Å². The number of aryl methyl sites for hydroxylation is 1. The van der Waals surface area contributed by atoms with Gasteiger partial charge in [-0.3, -0.25) is 0 Å². The van der Waals surface area contributed by atoms with Gasteiger partial charge in [0.2, 0.25) is 0 Å². The number of benzene rings is 2. The Balaban J connectivity index is 2.19. The summed E-state index contributed by atoms with van der Waals surface area (Å²) in [6.07, 6.45) is -0.652. The first-order valence-corrected chi connectivity index (χ1v) is 6.99. The predicted molar refractivity (Wildman–Crippen MR) is 82.3 cm³/mol. The Hall–Kier alpha value is -2.02. The van der Waals surface area contributed by atoms with Crippen molar-refractivity contribution in [3.05, 3.63) is 63.7 Å². The fraction of sp³-hybridized carbons (Fsp3) is 0.235. The van der Waals surface area contributed by atoms with Crippen molar-refractivity contribution < 1.29 is 9.84 Å². The molecule has 2 aromatic carbocycles. The lowest BCUT2D eigenvalue weighted by Crippen LogP contribution is -2.02. The van der Waals surface area contributed by atoms with E-state index in [0.717, 1.165) is 11.1 Å². The van der Waals surface area contributed by atoms with Crippen LogP contribution in [-0.2, 0) is 6.61 Å². The highest BCUT2D eigenvalue weighted by molar-refractivity contribution is 6.30. The molecule has 0 saturated carbocycles.